The number of esters is 2. The van der Waals surface area contributed by atoms with E-state index in [1.807, 2.05) is 0 Å². The molecule has 0 aromatic rings. The lowest BCUT2D eigenvalue weighted by atomic mass is 9.91. The Bertz CT molecular complexity index is 908. The summed E-state index contributed by atoms with van der Waals surface area (Å²) in [5.74, 6) is 0.0937. The molecule has 0 aromatic carbocycles. The van der Waals surface area contributed by atoms with Crippen molar-refractivity contribution in [3.05, 3.63) is 0 Å². The van der Waals surface area contributed by atoms with Crippen LogP contribution >= 0.6 is 0 Å². The summed E-state index contributed by atoms with van der Waals surface area (Å²) in [5, 5.41) is 9.36. The molecule has 10 nitrogen and oxygen atoms in total. The molecular formula is C48H94N2O8. The van der Waals surface area contributed by atoms with Crippen molar-refractivity contribution in [2.24, 2.45) is 5.92 Å². The Morgan fingerprint density at radius 2 is 0.948 bits per heavy atom. The van der Waals surface area contributed by atoms with Crippen LogP contribution in [0.5, 0.6) is 0 Å². The minimum absolute atomic E-state index is 0.110. The monoisotopic (exact) mass is 827 g/mol. The van der Waals surface area contributed by atoms with Crippen molar-refractivity contribution in [1.82, 2.24) is 9.80 Å². The summed E-state index contributed by atoms with van der Waals surface area (Å²) < 4.78 is 22.7. The summed E-state index contributed by atoms with van der Waals surface area (Å²) in [7, 11) is 0. The first-order valence-electron chi connectivity index (χ1n) is 24.5. The molecule has 0 saturated heterocycles. The van der Waals surface area contributed by atoms with Gasteiger partial charge in [0.05, 0.1) is 6.61 Å². The van der Waals surface area contributed by atoms with Gasteiger partial charge in [-0.15, -0.1) is 0 Å². The summed E-state index contributed by atoms with van der Waals surface area (Å²) in [5.41, 5.74) is 0. The van der Waals surface area contributed by atoms with E-state index in [1.54, 1.807) is 0 Å². The number of aliphatic hydroxyl groups is 1. The van der Waals surface area contributed by atoms with Gasteiger partial charge in [-0.2, -0.15) is 0 Å². The van der Waals surface area contributed by atoms with Crippen LogP contribution in [0.25, 0.3) is 0 Å². The third-order valence-electron chi connectivity index (χ3n) is 11.3. The van der Waals surface area contributed by atoms with Crippen LogP contribution in [0.4, 0.5) is 4.79 Å². The van der Waals surface area contributed by atoms with E-state index in [4.69, 9.17) is 18.9 Å². The van der Waals surface area contributed by atoms with Crippen LogP contribution in [0, 0.1) is 5.92 Å². The number of nitrogens with zero attached hydrogens (tertiary/aromatic N) is 2. The van der Waals surface area contributed by atoms with Crippen molar-refractivity contribution in [3.63, 3.8) is 0 Å². The summed E-state index contributed by atoms with van der Waals surface area (Å²) >= 11 is 0. The summed E-state index contributed by atoms with van der Waals surface area (Å²) in [6.07, 6.45) is 28.3. The van der Waals surface area contributed by atoms with Gasteiger partial charge in [0.2, 0.25) is 0 Å². The fourth-order valence-corrected chi connectivity index (χ4v) is 7.45. The molecule has 1 atom stereocenters. The van der Waals surface area contributed by atoms with E-state index < -0.39 is 6.16 Å². The Balaban J connectivity index is 5.09. The first-order valence-corrected chi connectivity index (χ1v) is 24.5. The van der Waals surface area contributed by atoms with Gasteiger partial charge in [-0.05, 0) is 63.8 Å². The molecule has 0 rings (SSSR count). The van der Waals surface area contributed by atoms with Crippen LogP contribution in [0.2, 0.25) is 0 Å². The Labute approximate surface area is 357 Å². The molecule has 0 aromatic heterocycles. The van der Waals surface area contributed by atoms with E-state index in [9.17, 15) is 19.5 Å². The van der Waals surface area contributed by atoms with Gasteiger partial charge in [-0.25, -0.2) is 4.79 Å². The van der Waals surface area contributed by atoms with Gasteiger partial charge in [-0.1, -0.05) is 150 Å². The standard InChI is InChI=1S/C48H94N2O8/c1-6-11-15-19-22-26-40-55-46(52)33-27-32-45(31-25-18-14-9-4)58-48(54)57-42-38-50(36-35-49(10-5)34-28-39-51)37-41-56-47(53)43-44(29-23-20-16-12-7-2)30-24-21-17-13-8-3/h44-45,51H,6-43H2,1-5H3. The molecule has 0 heterocycles. The van der Waals surface area contributed by atoms with Crippen molar-refractivity contribution in [2.75, 3.05) is 65.7 Å². The number of rotatable bonds is 44. The minimum atomic E-state index is -0.675. The highest BCUT2D eigenvalue weighted by molar-refractivity contribution is 5.69. The van der Waals surface area contributed by atoms with Gasteiger partial charge in [0.1, 0.15) is 19.3 Å². The molecule has 10 heteroatoms. The normalized spacial score (nSPS) is 12.1. The molecule has 0 fully saturated rings. The second-order valence-corrected chi connectivity index (χ2v) is 16.6. The first-order chi connectivity index (χ1) is 28.3. The molecule has 0 spiro atoms. The fraction of sp³-hybridized carbons (Fsp3) is 0.938. The Kier molecular flexibility index (Phi) is 41.8. The highest BCUT2D eigenvalue weighted by atomic mass is 16.7. The molecule has 0 bridgehead atoms. The number of ether oxygens (including phenoxy) is 4. The zero-order chi connectivity index (χ0) is 42.7. The Hall–Kier alpha value is -1.91. The van der Waals surface area contributed by atoms with Crippen molar-refractivity contribution in [1.29, 1.82) is 0 Å². The van der Waals surface area contributed by atoms with Crippen LogP contribution in [0.15, 0.2) is 0 Å². The fourth-order valence-electron chi connectivity index (χ4n) is 7.45. The zero-order valence-electron chi connectivity index (χ0n) is 38.7. The Morgan fingerprint density at radius 3 is 1.53 bits per heavy atom. The van der Waals surface area contributed by atoms with Crippen molar-refractivity contribution < 1.29 is 38.4 Å². The summed E-state index contributed by atoms with van der Waals surface area (Å²) in [6.45, 7) is 16.3. The molecule has 0 radical (unpaired) electrons. The summed E-state index contributed by atoms with van der Waals surface area (Å²) in [6, 6.07) is 0. The van der Waals surface area contributed by atoms with E-state index in [0.717, 1.165) is 90.4 Å². The maximum absolute atomic E-state index is 13.1. The number of hydrogen-bond acceptors (Lipinski definition) is 10. The average molecular weight is 827 g/mol. The second-order valence-electron chi connectivity index (χ2n) is 16.6. The third-order valence-corrected chi connectivity index (χ3v) is 11.3. The van der Waals surface area contributed by atoms with Crippen LogP contribution < -0.4 is 0 Å². The molecule has 1 unspecified atom stereocenters. The number of likely N-dealkylation sites (N-methyl/N-ethyl adjacent to an activating group) is 1. The van der Waals surface area contributed by atoms with Crippen LogP contribution in [0.1, 0.15) is 214 Å². The molecule has 0 aliphatic heterocycles. The van der Waals surface area contributed by atoms with Gasteiger partial charge in [0, 0.05) is 52.2 Å². The van der Waals surface area contributed by atoms with Gasteiger partial charge < -0.3 is 29.0 Å². The maximum atomic E-state index is 13.1. The van der Waals surface area contributed by atoms with E-state index in [1.165, 1.54) is 89.9 Å². The second kappa shape index (κ2) is 43.2. The number of unbranched alkanes of at least 4 members (excludes halogenated alkanes) is 16. The maximum Gasteiger partial charge on any atom is 0.508 e. The molecule has 1 N–H and O–H groups in total. The minimum Gasteiger partial charge on any atom is -0.466 e. The summed E-state index contributed by atoms with van der Waals surface area (Å²) in [4.78, 5) is 42.8. The van der Waals surface area contributed by atoms with Gasteiger partial charge in [0.25, 0.3) is 0 Å². The smallest absolute Gasteiger partial charge is 0.466 e. The molecule has 0 saturated carbocycles. The van der Waals surface area contributed by atoms with Gasteiger partial charge in [-0.3, -0.25) is 14.5 Å². The lowest BCUT2D eigenvalue weighted by Gasteiger charge is -2.27. The average Bonchev–Trinajstić information content (AvgIpc) is 3.21. The zero-order valence-corrected chi connectivity index (χ0v) is 38.7. The van der Waals surface area contributed by atoms with Crippen LogP contribution in [-0.4, -0.2) is 105 Å². The predicted molar refractivity (Wildman–Crippen MR) is 239 cm³/mol. The molecule has 344 valence electrons. The highest BCUT2D eigenvalue weighted by Gasteiger charge is 2.19. The van der Waals surface area contributed by atoms with Gasteiger partial charge in [0.15, 0.2) is 0 Å². The predicted octanol–water partition coefficient (Wildman–Crippen LogP) is 11.8. The lowest BCUT2D eigenvalue weighted by molar-refractivity contribution is -0.145. The third kappa shape index (κ3) is 37.1. The van der Waals surface area contributed by atoms with Crippen molar-refractivity contribution in [2.45, 2.75) is 221 Å². The van der Waals surface area contributed by atoms with E-state index in [0.29, 0.717) is 57.9 Å². The lowest BCUT2D eigenvalue weighted by Crippen LogP contribution is -2.39. The topological polar surface area (TPSA) is 115 Å². The van der Waals surface area contributed by atoms with Crippen LogP contribution in [-0.2, 0) is 28.5 Å². The molecule has 0 aliphatic rings. The number of carbonyl (C=O) groups excluding carboxylic acids is 3. The van der Waals surface area contributed by atoms with Gasteiger partial charge >= 0.3 is 18.1 Å². The van der Waals surface area contributed by atoms with Crippen LogP contribution in [0.3, 0.4) is 0 Å². The first kappa shape index (κ1) is 56.1. The SMILES string of the molecule is CCCCCCCCOC(=O)CCCC(CCCCCC)OC(=O)OCCN(CCOC(=O)CC(CCCCCCC)CCCCCCC)CCN(CC)CCCO. The number of hydrogen-bond donors (Lipinski definition) is 1. The molecule has 0 amide bonds. The van der Waals surface area contributed by atoms with E-state index in [2.05, 4.69) is 44.4 Å². The number of carbonyl (C=O) groups is 3. The molecule has 58 heavy (non-hydrogen) atoms. The largest absolute Gasteiger partial charge is 0.508 e. The van der Waals surface area contributed by atoms with Crippen molar-refractivity contribution >= 4 is 18.1 Å². The molecular weight excluding hydrogens is 733 g/mol. The number of aliphatic hydroxyl groups excluding tert-OH is 1. The quantitative estimate of drug-likeness (QED) is 0.0362. The van der Waals surface area contributed by atoms with E-state index in [-0.39, 0.29) is 31.3 Å². The highest BCUT2D eigenvalue weighted by Crippen LogP contribution is 2.23. The van der Waals surface area contributed by atoms with E-state index >= 15 is 0 Å². The van der Waals surface area contributed by atoms with Crippen molar-refractivity contribution in [3.8, 4) is 0 Å². The molecule has 0 aliphatic carbocycles. The Morgan fingerprint density at radius 1 is 0.466 bits per heavy atom.